The average molecular weight is 200 g/mol. The Labute approximate surface area is 81.0 Å². The van der Waals surface area contributed by atoms with Gasteiger partial charge in [-0.15, -0.1) is 0 Å². The molecule has 0 bridgehead atoms. The third kappa shape index (κ3) is 1.77. The summed E-state index contributed by atoms with van der Waals surface area (Å²) in [6, 6.07) is 0. The van der Waals surface area contributed by atoms with Crippen LogP contribution in [0.5, 0.6) is 0 Å². The Kier molecular flexibility index (Phi) is 2.62. The van der Waals surface area contributed by atoms with E-state index in [-0.39, 0.29) is 17.9 Å². The molecule has 1 aliphatic rings. The molecule has 1 saturated heterocycles. The van der Waals surface area contributed by atoms with Gasteiger partial charge in [-0.1, -0.05) is 19.9 Å². The highest BCUT2D eigenvalue weighted by molar-refractivity contribution is 5.90. The number of carboxylic acids is 1. The van der Waals surface area contributed by atoms with Crippen molar-refractivity contribution in [3.8, 4) is 0 Å². The Bertz CT molecular complexity index is 304. The van der Waals surface area contributed by atoms with Gasteiger partial charge in [-0.3, -0.25) is 4.79 Å². The smallest absolute Gasteiger partial charge is 0.382 e. The van der Waals surface area contributed by atoms with E-state index in [0.717, 1.165) is 0 Å². The number of carbonyl (C=O) groups is 2. The molecule has 1 unspecified atom stereocenters. The third-order valence-electron chi connectivity index (χ3n) is 1.86. The van der Waals surface area contributed by atoms with Crippen molar-refractivity contribution >= 4 is 11.9 Å². The Morgan fingerprint density at radius 2 is 2.21 bits per heavy atom. The Balaban J connectivity index is 3.05. The maximum Gasteiger partial charge on any atom is 0.382 e. The lowest BCUT2D eigenvalue weighted by atomic mass is 10.0. The summed E-state index contributed by atoms with van der Waals surface area (Å²) in [4.78, 5) is 21.6. The van der Waals surface area contributed by atoms with Gasteiger partial charge >= 0.3 is 17.7 Å². The summed E-state index contributed by atoms with van der Waals surface area (Å²) in [6.45, 7) is 3.64. The number of ether oxygens (including phenoxy) is 1. The molecule has 2 N–H and O–H groups in total. The van der Waals surface area contributed by atoms with E-state index in [9.17, 15) is 14.7 Å². The van der Waals surface area contributed by atoms with Crippen molar-refractivity contribution in [1.29, 1.82) is 0 Å². The fourth-order valence-corrected chi connectivity index (χ4v) is 1.30. The standard InChI is InChI=1S/C9H12O5/c1-5(2)3-6-4-7(10)14-9(6,13)8(11)12/h3,5,13H,4H2,1-2H3,(H,11,12)/b6-3+. The lowest BCUT2D eigenvalue weighted by Crippen LogP contribution is -2.39. The van der Waals surface area contributed by atoms with Gasteiger partial charge in [0.1, 0.15) is 0 Å². The number of hydrogen-bond donors (Lipinski definition) is 2. The minimum Gasteiger partial charge on any atom is -0.476 e. The largest absolute Gasteiger partial charge is 0.476 e. The monoisotopic (exact) mass is 200 g/mol. The van der Waals surface area contributed by atoms with Crippen LogP contribution in [0.2, 0.25) is 0 Å². The van der Waals surface area contributed by atoms with E-state index in [1.54, 1.807) is 0 Å². The van der Waals surface area contributed by atoms with Gasteiger partial charge in [0.15, 0.2) is 0 Å². The van der Waals surface area contributed by atoms with Crippen LogP contribution in [0.15, 0.2) is 11.6 Å². The molecule has 0 spiro atoms. The average Bonchev–Trinajstić information content (AvgIpc) is 2.26. The molecule has 1 heterocycles. The lowest BCUT2D eigenvalue weighted by molar-refractivity contribution is -0.200. The molecule has 0 aromatic heterocycles. The summed E-state index contributed by atoms with van der Waals surface area (Å²) >= 11 is 0. The van der Waals surface area contributed by atoms with Crippen LogP contribution in [0.3, 0.4) is 0 Å². The zero-order valence-corrected chi connectivity index (χ0v) is 7.98. The van der Waals surface area contributed by atoms with Crippen LogP contribution >= 0.6 is 0 Å². The van der Waals surface area contributed by atoms with Crippen molar-refractivity contribution in [2.75, 3.05) is 0 Å². The number of aliphatic carboxylic acids is 1. The van der Waals surface area contributed by atoms with Crippen LogP contribution in [0.25, 0.3) is 0 Å². The molecular formula is C9H12O5. The number of allylic oxidation sites excluding steroid dienone is 1. The Morgan fingerprint density at radius 3 is 2.64 bits per heavy atom. The topological polar surface area (TPSA) is 83.8 Å². The van der Waals surface area contributed by atoms with E-state index >= 15 is 0 Å². The number of hydrogen-bond acceptors (Lipinski definition) is 4. The van der Waals surface area contributed by atoms with Gasteiger partial charge in [0.25, 0.3) is 0 Å². The molecule has 5 heteroatoms. The van der Waals surface area contributed by atoms with Gasteiger partial charge in [0.05, 0.1) is 6.42 Å². The molecule has 1 aliphatic heterocycles. The van der Waals surface area contributed by atoms with E-state index in [0.29, 0.717) is 0 Å². The summed E-state index contributed by atoms with van der Waals surface area (Å²) < 4.78 is 4.37. The summed E-state index contributed by atoms with van der Waals surface area (Å²) in [5.41, 5.74) is 0.102. The fraction of sp³-hybridized carbons (Fsp3) is 0.556. The van der Waals surface area contributed by atoms with Crippen LogP contribution in [-0.4, -0.2) is 27.9 Å². The maximum atomic E-state index is 10.9. The van der Waals surface area contributed by atoms with E-state index < -0.39 is 17.7 Å². The first-order valence-corrected chi connectivity index (χ1v) is 4.25. The van der Waals surface area contributed by atoms with Crippen molar-refractivity contribution in [3.63, 3.8) is 0 Å². The van der Waals surface area contributed by atoms with Crippen molar-refractivity contribution in [1.82, 2.24) is 0 Å². The molecule has 78 valence electrons. The lowest BCUT2D eigenvalue weighted by Gasteiger charge is -2.17. The molecule has 1 rings (SSSR count). The van der Waals surface area contributed by atoms with Crippen molar-refractivity contribution in [2.24, 2.45) is 5.92 Å². The maximum absolute atomic E-state index is 10.9. The molecule has 0 radical (unpaired) electrons. The molecule has 0 saturated carbocycles. The van der Waals surface area contributed by atoms with E-state index in [4.69, 9.17) is 5.11 Å². The normalized spacial score (nSPS) is 29.7. The summed E-state index contributed by atoms with van der Waals surface area (Å²) in [7, 11) is 0. The van der Waals surface area contributed by atoms with Gasteiger partial charge < -0.3 is 14.9 Å². The Morgan fingerprint density at radius 1 is 1.64 bits per heavy atom. The number of rotatable bonds is 2. The van der Waals surface area contributed by atoms with Gasteiger partial charge in [-0.25, -0.2) is 4.79 Å². The molecule has 5 nitrogen and oxygen atoms in total. The first-order valence-electron chi connectivity index (χ1n) is 4.25. The number of carboxylic acid groups (broad SMARTS) is 1. The van der Waals surface area contributed by atoms with Crippen LogP contribution in [0.1, 0.15) is 20.3 Å². The van der Waals surface area contributed by atoms with Gasteiger partial charge in [-0.05, 0) is 5.92 Å². The van der Waals surface area contributed by atoms with Crippen molar-refractivity contribution < 1.29 is 24.5 Å². The van der Waals surface area contributed by atoms with Gasteiger partial charge in [0, 0.05) is 5.57 Å². The minimum absolute atomic E-state index is 0.0466. The zero-order chi connectivity index (χ0) is 10.9. The second-order valence-corrected chi connectivity index (χ2v) is 3.54. The SMILES string of the molecule is CC(C)/C=C1\CC(=O)OC1(O)C(=O)O. The summed E-state index contributed by atoms with van der Waals surface area (Å²) in [6.07, 6.45) is 1.36. The first kappa shape index (κ1) is 10.7. The predicted molar refractivity (Wildman–Crippen MR) is 46.2 cm³/mol. The highest BCUT2D eigenvalue weighted by Gasteiger charge is 2.50. The second kappa shape index (κ2) is 3.42. The number of aliphatic hydroxyl groups is 1. The van der Waals surface area contributed by atoms with Crippen molar-refractivity contribution in [3.05, 3.63) is 11.6 Å². The van der Waals surface area contributed by atoms with Crippen molar-refractivity contribution in [2.45, 2.75) is 26.1 Å². The second-order valence-electron chi connectivity index (χ2n) is 3.54. The first-order chi connectivity index (χ1) is 6.36. The summed E-state index contributed by atoms with van der Waals surface area (Å²) in [5, 5.41) is 18.2. The minimum atomic E-state index is -2.46. The Hall–Kier alpha value is -1.36. The predicted octanol–water partition coefficient (Wildman–Crippen LogP) is 0.289. The van der Waals surface area contributed by atoms with E-state index in [2.05, 4.69) is 4.74 Å². The van der Waals surface area contributed by atoms with Crippen LogP contribution in [0, 0.1) is 5.92 Å². The molecule has 0 amide bonds. The van der Waals surface area contributed by atoms with E-state index in [1.165, 1.54) is 6.08 Å². The highest BCUT2D eigenvalue weighted by atomic mass is 16.7. The molecule has 0 aromatic carbocycles. The van der Waals surface area contributed by atoms with Crippen LogP contribution in [0.4, 0.5) is 0 Å². The number of cyclic esters (lactones) is 1. The quantitative estimate of drug-likeness (QED) is 0.494. The molecule has 14 heavy (non-hydrogen) atoms. The molecule has 1 atom stereocenters. The highest BCUT2D eigenvalue weighted by Crippen LogP contribution is 2.31. The number of carbonyl (C=O) groups excluding carboxylic acids is 1. The van der Waals surface area contributed by atoms with E-state index in [1.807, 2.05) is 13.8 Å². The number of esters is 1. The fourth-order valence-electron chi connectivity index (χ4n) is 1.30. The van der Waals surface area contributed by atoms with Crippen LogP contribution < -0.4 is 0 Å². The van der Waals surface area contributed by atoms with Gasteiger partial charge in [-0.2, -0.15) is 0 Å². The molecule has 1 fully saturated rings. The molecule has 0 aliphatic carbocycles. The zero-order valence-electron chi connectivity index (χ0n) is 7.98. The van der Waals surface area contributed by atoms with Gasteiger partial charge in [0.2, 0.25) is 0 Å². The third-order valence-corrected chi connectivity index (χ3v) is 1.86. The summed E-state index contributed by atoms with van der Waals surface area (Å²) in [5.74, 6) is -4.69. The van der Waals surface area contributed by atoms with Crippen LogP contribution in [-0.2, 0) is 14.3 Å². The molecule has 0 aromatic rings. The molecular weight excluding hydrogens is 188 g/mol.